The van der Waals surface area contributed by atoms with Crippen molar-refractivity contribution in [2.75, 3.05) is 13.6 Å². The van der Waals surface area contributed by atoms with Gasteiger partial charge in [-0.25, -0.2) is 0 Å². The van der Waals surface area contributed by atoms with Crippen molar-refractivity contribution in [1.29, 1.82) is 0 Å². The average Bonchev–Trinajstić information content (AvgIpc) is 2.41. The fourth-order valence-electron chi connectivity index (χ4n) is 1.83. The number of nitrogens with zero attached hydrogens (tertiary/aromatic N) is 1. The van der Waals surface area contributed by atoms with Crippen LogP contribution in [0, 0.1) is 6.92 Å². The molecule has 0 atom stereocenters. The molecule has 0 aliphatic heterocycles. The number of carbonyl (C=O) groups excluding carboxylic acids is 1. The molecule has 0 bridgehead atoms. The minimum Gasteiger partial charge on any atom is -0.463 e. The Morgan fingerprint density at radius 3 is 2.64 bits per heavy atom. The number of esters is 1. The number of hydrogen-bond donors (Lipinski definition) is 2. The maximum absolute atomic E-state index is 11.4. The minimum absolute atomic E-state index is 0. The molecule has 0 spiro atoms. The molecule has 1 aromatic rings. The first-order chi connectivity index (χ1) is 10.0. The number of halogens is 1. The Labute approximate surface area is 149 Å². The predicted molar refractivity (Wildman–Crippen MR) is 101 cm³/mol. The van der Waals surface area contributed by atoms with Gasteiger partial charge in [-0.3, -0.25) is 9.79 Å². The monoisotopic (exact) mass is 419 g/mol. The van der Waals surface area contributed by atoms with E-state index in [-0.39, 0.29) is 36.0 Å². The summed E-state index contributed by atoms with van der Waals surface area (Å²) in [5.41, 5.74) is 2.42. The Morgan fingerprint density at radius 2 is 2.05 bits per heavy atom. The number of rotatable bonds is 6. The van der Waals surface area contributed by atoms with Crippen molar-refractivity contribution in [3.05, 3.63) is 35.4 Å². The van der Waals surface area contributed by atoms with Gasteiger partial charge in [0.05, 0.1) is 12.5 Å². The van der Waals surface area contributed by atoms with Gasteiger partial charge in [0, 0.05) is 20.1 Å². The third-order valence-electron chi connectivity index (χ3n) is 2.75. The summed E-state index contributed by atoms with van der Waals surface area (Å²) >= 11 is 0. The molecule has 1 aromatic carbocycles. The van der Waals surface area contributed by atoms with Crippen LogP contribution < -0.4 is 10.6 Å². The topological polar surface area (TPSA) is 62.7 Å². The van der Waals surface area contributed by atoms with Gasteiger partial charge < -0.3 is 15.4 Å². The van der Waals surface area contributed by atoms with Crippen LogP contribution in [0.15, 0.2) is 29.3 Å². The Morgan fingerprint density at radius 1 is 1.32 bits per heavy atom. The molecule has 0 fully saturated rings. The van der Waals surface area contributed by atoms with Crippen molar-refractivity contribution in [1.82, 2.24) is 10.6 Å². The Bertz CT molecular complexity index is 490. The van der Waals surface area contributed by atoms with Crippen LogP contribution in [0.3, 0.4) is 0 Å². The van der Waals surface area contributed by atoms with Gasteiger partial charge in [-0.2, -0.15) is 0 Å². The number of nitrogens with one attached hydrogen (secondary N) is 2. The van der Waals surface area contributed by atoms with Crippen LogP contribution in [-0.2, 0) is 16.1 Å². The third kappa shape index (κ3) is 8.86. The first kappa shape index (κ1) is 20.7. The van der Waals surface area contributed by atoms with Crippen molar-refractivity contribution in [2.24, 2.45) is 4.99 Å². The molecule has 1 rings (SSSR count). The van der Waals surface area contributed by atoms with Gasteiger partial charge >= 0.3 is 5.97 Å². The third-order valence-corrected chi connectivity index (χ3v) is 2.75. The van der Waals surface area contributed by atoms with Gasteiger partial charge in [-0.05, 0) is 26.3 Å². The van der Waals surface area contributed by atoms with E-state index in [1.54, 1.807) is 7.05 Å². The van der Waals surface area contributed by atoms with Crippen molar-refractivity contribution in [2.45, 2.75) is 39.8 Å². The number of hydrogen-bond acceptors (Lipinski definition) is 3. The van der Waals surface area contributed by atoms with E-state index >= 15 is 0 Å². The quantitative estimate of drug-likeness (QED) is 0.322. The lowest BCUT2D eigenvalue weighted by molar-refractivity contribution is -0.147. The summed E-state index contributed by atoms with van der Waals surface area (Å²) in [7, 11) is 1.71. The summed E-state index contributed by atoms with van der Waals surface area (Å²) in [6.07, 6.45) is 0.250. The van der Waals surface area contributed by atoms with E-state index in [2.05, 4.69) is 40.7 Å². The highest BCUT2D eigenvalue weighted by atomic mass is 127. The van der Waals surface area contributed by atoms with E-state index in [1.807, 2.05) is 19.9 Å². The first-order valence-corrected chi connectivity index (χ1v) is 7.21. The fraction of sp³-hybridized carbons (Fsp3) is 0.500. The van der Waals surface area contributed by atoms with Crippen LogP contribution in [0.4, 0.5) is 0 Å². The molecule has 0 radical (unpaired) electrons. The Hall–Kier alpha value is -1.31. The number of carbonyl (C=O) groups is 1. The predicted octanol–water partition coefficient (Wildman–Crippen LogP) is 2.62. The molecule has 0 aliphatic rings. The van der Waals surface area contributed by atoms with Crippen molar-refractivity contribution in [3.8, 4) is 0 Å². The molecule has 0 aromatic heterocycles. The summed E-state index contributed by atoms with van der Waals surface area (Å²) in [4.78, 5) is 15.5. The number of guanidine groups is 1. The standard InChI is InChI=1S/C16H25N3O2.HI/c1-12(2)21-15(20)8-9-18-16(17-4)19-11-14-7-5-6-13(3)10-14;/h5-7,10,12H,8-9,11H2,1-4H3,(H2,17,18,19);1H. The summed E-state index contributed by atoms with van der Waals surface area (Å²) in [6, 6.07) is 8.29. The van der Waals surface area contributed by atoms with Crippen LogP contribution in [0.1, 0.15) is 31.4 Å². The van der Waals surface area contributed by atoms with Gasteiger partial charge in [0.1, 0.15) is 0 Å². The first-order valence-electron chi connectivity index (χ1n) is 7.21. The molecule has 22 heavy (non-hydrogen) atoms. The Balaban J connectivity index is 0.00000441. The highest BCUT2D eigenvalue weighted by Crippen LogP contribution is 2.03. The van der Waals surface area contributed by atoms with E-state index < -0.39 is 0 Å². The van der Waals surface area contributed by atoms with E-state index in [0.717, 1.165) is 0 Å². The Kier molecular flexibility index (Phi) is 10.6. The lowest BCUT2D eigenvalue weighted by Gasteiger charge is -2.12. The maximum Gasteiger partial charge on any atom is 0.307 e. The summed E-state index contributed by atoms with van der Waals surface area (Å²) < 4.78 is 5.07. The molecule has 0 saturated heterocycles. The van der Waals surface area contributed by atoms with E-state index in [1.165, 1.54) is 11.1 Å². The molecule has 2 N–H and O–H groups in total. The molecule has 0 amide bonds. The van der Waals surface area contributed by atoms with Gasteiger partial charge in [0.2, 0.25) is 0 Å². The normalized spacial score (nSPS) is 10.9. The van der Waals surface area contributed by atoms with Crippen LogP contribution in [0.5, 0.6) is 0 Å². The van der Waals surface area contributed by atoms with Crippen LogP contribution in [-0.4, -0.2) is 31.6 Å². The van der Waals surface area contributed by atoms with E-state index in [4.69, 9.17) is 4.74 Å². The van der Waals surface area contributed by atoms with Gasteiger partial charge in [0.25, 0.3) is 0 Å². The molecule has 5 nitrogen and oxygen atoms in total. The number of aliphatic imine (C=N–C) groups is 1. The zero-order valence-electron chi connectivity index (χ0n) is 13.7. The summed E-state index contributed by atoms with van der Waals surface area (Å²) in [5, 5.41) is 6.31. The molecule has 124 valence electrons. The lowest BCUT2D eigenvalue weighted by Crippen LogP contribution is -2.38. The summed E-state index contributed by atoms with van der Waals surface area (Å²) in [5.74, 6) is 0.473. The van der Waals surface area contributed by atoms with Crippen molar-refractivity contribution in [3.63, 3.8) is 0 Å². The molecule has 0 heterocycles. The molecular formula is C16H26IN3O2. The van der Waals surface area contributed by atoms with Gasteiger partial charge in [0.15, 0.2) is 5.96 Å². The van der Waals surface area contributed by atoms with Gasteiger partial charge in [-0.15, -0.1) is 24.0 Å². The average molecular weight is 419 g/mol. The molecule has 0 unspecified atom stereocenters. The van der Waals surface area contributed by atoms with Crippen LogP contribution >= 0.6 is 24.0 Å². The minimum atomic E-state index is -0.202. The second-order valence-corrected chi connectivity index (χ2v) is 5.13. The molecular weight excluding hydrogens is 393 g/mol. The van der Waals surface area contributed by atoms with Crippen LogP contribution in [0.2, 0.25) is 0 Å². The SMILES string of the molecule is CN=C(NCCC(=O)OC(C)C)NCc1cccc(C)c1.I. The second kappa shape index (κ2) is 11.3. The zero-order chi connectivity index (χ0) is 15.7. The van der Waals surface area contributed by atoms with Crippen molar-refractivity contribution < 1.29 is 9.53 Å². The number of benzene rings is 1. The molecule has 0 aliphatic carbocycles. The second-order valence-electron chi connectivity index (χ2n) is 5.13. The number of ether oxygens (including phenoxy) is 1. The fourth-order valence-corrected chi connectivity index (χ4v) is 1.83. The summed E-state index contributed by atoms with van der Waals surface area (Å²) in [6.45, 7) is 6.94. The largest absolute Gasteiger partial charge is 0.463 e. The van der Waals surface area contributed by atoms with Crippen LogP contribution in [0.25, 0.3) is 0 Å². The molecule has 6 heteroatoms. The molecule has 0 saturated carbocycles. The number of aryl methyl sites for hydroxylation is 1. The highest BCUT2D eigenvalue weighted by molar-refractivity contribution is 14.0. The zero-order valence-corrected chi connectivity index (χ0v) is 16.0. The van der Waals surface area contributed by atoms with E-state index in [9.17, 15) is 4.79 Å². The maximum atomic E-state index is 11.4. The lowest BCUT2D eigenvalue weighted by atomic mass is 10.1. The smallest absolute Gasteiger partial charge is 0.307 e. The van der Waals surface area contributed by atoms with Crippen molar-refractivity contribution >= 4 is 35.9 Å². The van der Waals surface area contributed by atoms with E-state index in [0.29, 0.717) is 25.5 Å². The van der Waals surface area contributed by atoms with Gasteiger partial charge in [-0.1, -0.05) is 29.8 Å². The highest BCUT2D eigenvalue weighted by Gasteiger charge is 2.05.